The lowest BCUT2D eigenvalue weighted by molar-refractivity contribution is 0.0702. The van der Waals surface area contributed by atoms with Crippen LogP contribution in [0, 0.1) is 5.92 Å². The quantitative estimate of drug-likeness (QED) is 0.708. The van der Waals surface area contributed by atoms with Crippen LogP contribution >= 0.6 is 0 Å². The van der Waals surface area contributed by atoms with Crippen LogP contribution in [0.4, 0.5) is 10.2 Å². The molecule has 0 radical (unpaired) electrons. The summed E-state index contributed by atoms with van der Waals surface area (Å²) >= 11 is 0. The molecule has 3 aromatic rings. The van der Waals surface area contributed by atoms with Crippen molar-refractivity contribution in [3.05, 3.63) is 49.1 Å². The molecular weight excluding hydrogens is 371 g/mol. The molecule has 3 fully saturated rings. The number of hydrogen-bond acceptors (Lipinski definition) is 6. The second-order valence-electron chi connectivity index (χ2n) is 7.85. The molecule has 8 heteroatoms. The van der Waals surface area contributed by atoms with E-state index in [2.05, 4.69) is 20.5 Å². The van der Waals surface area contributed by atoms with E-state index >= 15 is 0 Å². The summed E-state index contributed by atoms with van der Waals surface area (Å²) in [5.41, 5.74) is 1.98. The molecule has 0 unspecified atom stereocenters. The summed E-state index contributed by atoms with van der Waals surface area (Å²) in [6.45, 7) is 0.850. The Balaban J connectivity index is 1.38. The molecule has 3 aliphatic rings. The van der Waals surface area contributed by atoms with E-state index in [4.69, 9.17) is 0 Å². The molecule has 7 nitrogen and oxygen atoms in total. The van der Waals surface area contributed by atoms with Gasteiger partial charge >= 0.3 is 0 Å². The fraction of sp³-hybridized carbons (Fsp3) is 0.381. The number of benzene rings is 1. The average molecular weight is 394 g/mol. The fourth-order valence-corrected chi connectivity index (χ4v) is 4.61. The maximum Gasteiger partial charge on any atom is 0.151 e. The smallest absolute Gasteiger partial charge is 0.151 e. The molecule has 2 saturated heterocycles. The van der Waals surface area contributed by atoms with Gasteiger partial charge in [0, 0.05) is 43.7 Å². The summed E-state index contributed by atoms with van der Waals surface area (Å²) in [7, 11) is 1.89. The largest absolute Gasteiger partial charge is 0.507 e. The number of alkyl halides is 1. The molecule has 6 rings (SSSR count). The summed E-state index contributed by atoms with van der Waals surface area (Å²) < 4.78 is 16.7. The summed E-state index contributed by atoms with van der Waals surface area (Å²) in [6, 6.07) is 8.77. The van der Waals surface area contributed by atoms with Gasteiger partial charge in [-0.25, -0.2) is 9.37 Å². The van der Waals surface area contributed by atoms with Gasteiger partial charge < -0.3 is 19.9 Å². The number of piperidine rings is 2. The van der Waals surface area contributed by atoms with Crippen LogP contribution in [0.2, 0.25) is 0 Å². The summed E-state index contributed by atoms with van der Waals surface area (Å²) in [5, 5.41) is 22.4. The number of phenolic OH excluding ortho intramolecular Hbond substituents is 1. The number of nitrogens with one attached hydrogen (secondary N) is 1. The zero-order valence-corrected chi connectivity index (χ0v) is 16.1. The third-order valence-corrected chi connectivity index (χ3v) is 6.20. The maximum absolute atomic E-state index is 14.8. The van der Waals surface area contributed by atoms with Crippen LogP contribution < -0.4 is 10.2 Å². The number of fused-ring (bicyclic) bond motifs is 3. The van der Waals surface area contributed by atoms with Crippen LogP contribution in [0.5, 0.6) is 5.75 Å². The average Bonchev–Trinajstić information content (AvgIpc) is 3.29. The Morgan fingerprint density at radius 2 is 2.10 bits per heavy atom. The first kappa shape index (κ1) is 18.1. The number of phenols is 1. The zero-order chi connectivity index (χ0) is 20.0. The van der Waals surface area contributed by atoms with Gasteiger partial charge in [0.05, 0.1) is 23.8 Å². The first-order valence-electron chi connectivity index (χ1n) is 9.87. The monoisotopic (exact) mass is 394 g/mol. The molecule has 2 aliphatic heterocycles. The van der Waals surface area contributed by atoms with Crippen molar-refractivity contribution in [1.82, 2.24) is 25.1 Å². The predicted molar refractivity (Wildman–Crippen MR) is 108 cm³/mol. The first-order valence-corrected chi connectivity index (χ1v) is 9.87. The van der Waals surface area contributed by atoms with Crippen molar-refractivity contribution in [3.63, 3.8) is 0 Å². The topological polar surface area (TPSA) is 79.1 Å². The number of imidazole rings is 1. The molecule has 1 saturated carbocycles. The van der Waals surface area contributed by atoms with Crippen LogP contribution in [0.3, 0.4) is 0 Å². The van der Waals surface area contributed by atoms with Crippen molar-refractivity contribution in [2.75, 3.05) is 18.5 Å². The predicted octanol–water partition coefficient (Wildman–Crippen LogP) is 2.56. The van der Waals surface area contributed by atoms with E-state index in [0.717, 1.165) is 25.1 Å². The van der Waals surface area contributed by atoms with E-state index in [1.165, 1.54) is 0 Å². The number of nitrogens with zero attached hydrogens (tertiary/aromatic N) is 5. The number of halogens is 1. The van der Waals surface area contributed by atoms with E-state index in [9.17, 15) is 9.50 Å². The van der Waals surface area contributed by atoms with Crippen LogP contribution in [-0.2, 0) is 0 Å². The third-order valence-electron chi connectivity index (χ3n) is 6.20. The summed E-state index contributed by atoms with van der Waals surface area (Å²) in [4.78, 5) is 5.93. The van der Waals surface area contributed by atoms with Gasteiger partial charge in [0.25, 0.3) is 0 Å². The van der Waals surface area contributed by atoms with Crippen molar-refractivity contribution in [3.8, 4) is 22.7 Å². The third kappa shape index (κ3) is 3.13. The molecule has 4 atom stereocenters. The van der Waals surface area contributed by atoms with Gasteiger partial charge in [0.15, 0.2) is 5.82 Å². The van der Waals surface area contributed by atoms with Crippen molar-refractivity contribution >= 4 is 5.82 Å². The summed E-state index contributed by atoms with van der Waals surface area (Å²) in [6.07, 6.45) is 6.19. The Kier molecular flexibility index (Phi) is 4.43. The Hall–Kier alpha value is -3.00. The maximum atomic E-state index is 14.8. The molecule has 4 heterocycles. The van der Waals surface area contributed by atoms with Gasteiger partial charge in [0.1, 0.15) is 11.9 Å². The zero-order valence-electron chi connectivity index (χ0n) is 16.1. The van der Waals surface area contributed by atoms with Crippen LogP contribution in [0.15, 0.2) is 49.1 Å². The normalized spacial score (nSPS) is 25.9. The minimum atomic E-state index is -0.909. The first-order chi connectivity index (χ1) is 14.1. The highest BCUT2D eigenvalue weighted by Crippen LogP contribution is 2.36. The number of aromatic hydroxyl groups is 1. The highest BCUT2D eigenvalue weighted by Gasteiger charge is 2.46. The Morgan fingerprint density at radius 1 is 1.21 bits per heavy atom. The Labute approximate surface area is 168 Å². The molecule has 29 heavy (non-hydrogen) atoms. The minimum absolute atomic E-state index is 0.0642. The lowest BCUT2D eigenvalue weighted by atomic mass is 9.75. The molecule has 2 N–H and O–H groups in total. The van der Waals surface area contributed by atoms with Gasteiger partial charge in [0.2, 0.25) is 0 Å². The fourth-order valence-electron chi connectivity index (χ4n) is 4.61. The Bertz CT molecular complexity index is 983. The molecule has 0 amide bonds. The number of aromatic nitrogens is 4. The number of rotatable bonds is 4. The highest BCUT2D eigenvalue weighted by molar-refractivity contribution is 5.69. The SMILES string of the molecule is CN(c1ccc(-c2ccc(-n3ccnc3)cc2O)nn1)[C@@H]1[C@H]2CC[C@H](NC2)[C@H]1F. The van der Waals surface area contributed by atoms with Gasteiger partial charge in [-0.1, -0.05) is 0 Å². The van der Waals surface area contributed by atoms with E-state index in [1.807, 2.05) is 40.9 Å². The van der Waals surface area contributed by atoms with Crippen molar-refractivity contribution in [2.45, 2.75) is 31.1 Å². The lowest BCUT2D eigenvalue weighted by Crippen LogP contribution is -2.64. The molecular formula is C21H23FN6O. The molecule has 1 aromatic carbocycles. The molecule has 0 spiro atoms. The van der Waals surface area contributed by atoms with E-state index in [-0.39, 0.29) is 23.8 Å². The highest BCUT2D eigenvalue weighted by atomic mass is 19.1. The lowest BCUT2D eigenvalue weighted by Gasteiger charge is -2.49. The van der Waals surface area contributed by atoms with E-state index in [1.54, 1.807) is 24.7 Å². The molecule has 150 valence electrons. The van der Waals surface area contributed by atoms with Crippen LogP contribution in [-0.4, -0.2) is 56.7 Å². The Morgan fingerprint density at radius 3 is 2.72 bits per heavy atom. The number of anilines is 1. The van der Waals surface area contributed by atoms with Crippen LogP contribution in [0.25, 0.3) is 16.9 Å². The molecule has 1 aliphatic carbocycles. The van der Waals surface area contributed by atoms with Crippen LogP contribution in [0.1, 0.15) is 12.8 Å². The van der Waals surface area contributed by atoms with Gasteiger partial charge in [-0.2, -0.15) is 0 Å². The second kappa shape index (κ2) is 7.11. The van der Waals surface area contributed by atoms with Crippen molar-refractivity contribution in [1.29, 1.82) is 0 Å². The van der Waals surface area contributed by atoms with Crippen molar-refractivity contribution in [2.24, 2.45) is 5.92 Å². The minimum Gasteiger partial charge on any atom is -0.507 e. The standard InChI is InChI=1S/C21H23FN6O/c1-27(21-13-2-5-17(20(21)22)24-11-13)19-7-6-16(25-26-19)15-4-3-14(10-18(15)29)28-9-8-23-12-28/h3-4,6-10,12-13,17,20-21,24,29H,2,5,11H2,1H3/t13-,17-,20+,21+/m0/s1. The molecule has 2 bridgehead atoms. The van der Waals surface area contributed by atoms with E-state index < -0.39 is 6.17 Å². The molecule has 2 aromatic heterocycles. The number of hydrogen-bond donors (Lipinski definition) is 2. The van der Waals surface area contributed by atoms with Gasteiger partial charge in [-0.05, 0) is 43.0 Å². The second-order valence-corrected chi connectivity index (χ2v) is 7.85. The van der Waals surface area contributed by atoms with E-state index in [0.29, 0.717) is 17.1 Å². The van der Waals surface area contributed by atoms with Crippen molar-refractivity contribution < 1.29 is 9.50 Å². The van der Waals surface area contributed by atoms with Gasteiger partial charge in [-0.15, -0.1) is 10.2 Å². The van der Waals surface area contributed by atoms with Gasteiger partial charge in [-0.3, -0.25) is 0 Å². The summed E-state index contributed by atoms with van der Waals surface area (Å²) in [5.74, 6) is 1.04.